The molecule has 2 fully saturated rings. The maximum atomic E-state index is 12.1. The minimum Gasteiger partial charge on any atom is -0.468 e. The van der Waals surface area contributed by atoms with Gasteiger partial charge in [0.25, 0.3) is 5.56 Å². The summed E-state index contributed by atoms with van der Waals surface area (Å²) in [7, 11) is -1.25. The van der Waals surface area contributed by atoms with Crippen LogP contribution in [0.1, 0.15) is 26.5 Å². The van der Waals surface area contributed by atoms with Crippen LogP contribution in [-0.2, 0) is 23.4 Å². The van der Waals surface area contributed by atoms with Crippen LogP contribution in [0.25, 0.3) is 0 Å². The van der Waals surface area contributed by atoms with Gasteiger partial charge in [0, 0.05) is 18.7 Å². The summed E-state index contributed by atoms with van der Waals surface area (Å²) < 4.78 is 29.2. The monoisotopic (exact) mass is 434 g/mol. The van der Waals surface area contributed by atoms with Crippen molar-refractivity contribution >= 4 is 26.4 Å². The maximum Gasteiger partial charge on any atom is 0.614 e. The topological polar surface area (TPSA) is 152 Å². The Kier molecular flexibility index (Phi) is 5.58. The maximum absolute atomic E-state index is 12.1. The molecule has 28 heavy (non-hydrogen) atoms. The molecule has 0 radical (unpaired) electrons. The van der Waals surface area contributed by atoms with Crippen molar-refractivity contribution in [2.24, 2.45) is 0 Å². The Hall–Kier alpha value is -1.53. The second-order valence-electron chi connectivity index (χ2n) is 7.00. The molecule has 1 saturated heterocycles. The number of rotatable bonds is 6. The van der Waals surface area contributed by atoms with Crippen LogP contribution >= 0.6 is 20.4 Å². The molecule has 4 N–H and O–H groups in total. The molecule has 1 aromatic rings. The van der Waals surface area contributed by atoms with Crippen LogP contribution in [0.5, 0.6) is 0 Å². The highest BCUT2D eigenvalue weighted by molar-refractivity contribution is 7.71. The summed E-state index contributed by atoms with van der Waals surface area (Å²) in [4.78, 5) is 25.2. The van der Waals surface area contributed by atoms with Crippen molar-refractivity contribution in [3.05, 3.63) is 27.4 Å². The normalized spacial score (nSPS) is 35.6. The third-order valence-electron chi connectivity index (χ3n) is 4.92. The highest BCUT2D eigenvalue weighted by atomic mass is 32.1. The van der Waals surface area contributed by atoms with E-state index in [1.54, 1.807) is 0 Å². The molecule has 1 aliphatic carbocycles. The summed E-state index contributed by atoms with van der Waals surface area (Å²) in [5.74, 6) is -0.606. The zero-order valence-electron chi connectivity index (χ0n) is 15.3. The van der Waals surface area contributed by atoms with E-state index in [1.807, 2.05) is 0 Å². The van der Waals surface area contributed by atoms with Crippen LogP contribution in [-0.4, -0.2) is 62.3 Å². The number of esters is 1. The van der Waals surface area contributed by atoms with Gasteiger partial charge in [-0.25, -0.2) is 0 Å². The van der Waals surface area contributed by atoms with Crippen molar-refractivity contribution in [2.75, 3.05) is 7.11 Å². The minimum absolute atomic E-state index is 0.0137. The second-order valence-corrected chi connectivity index (χ2v) is 8.37. The number of aliphatic hydroxyl groups excluding tert-OH is 1. The number of carbonyl (C=O) groups is 1. The van der Waals surface area contributed by atoms with Gasteiger partial charge >= 0.3 is 14.1 Å². The highest BCUT2D eigenvalue weighted by Gasteiger charge is 2.76. The summed E-state index contributed by atoms with van der Waals surface area (Å²) in [6, 6.07) is 0.357. The van der Waals surface area contributed by atoms with E-state index in [0.717, 1.165) is 0 Å². The van der Waals surface area contributed by atoms with E-state index in [9.17, 15) is 24.4 Å². The average Bonchev–Trinajstić information content (AvgIpc) is 3.26. The lowest BCUT2D eigenvalue weighted by atomic mass is 9.95. The Balaban J connectivity index is 1.74. The number of nitrogens with zero attached hydrogens (tertiary/aromatic N) is 1. The highest BCUT2D eigenvalue weighted by Crippen LogP contribution is 2.59. The van der Waals surface area contributed by atoms with E-state index in [1.165, 1.54) is 37.8 Å². The van der Waals surface area contributed by atoms with Crippen LogP contribution < -0.4 is 10.6 Å². The zero-order valence-corrected chi connectivity index (χ0v) is 17.0. The first-order valence-electron chi connectivity index (χ1n) is 8.40. The second kappa shape index (κ2) is 7.38. The van der Waals surface area contributed by atoms with E-state index in [2.05, 4.69) is 14.8 Å². The number of aromatic amines is 1. The van der Waals surface area contributed by atoms with Gasteiger partial charge in [-0.3, -0.25) is 19.1 Å². The first-order chi connectivity index (χ1) is 13.0. The van der Waals surface area contributed by atoms with Gasteiger partial charge in [-0.2, -0.15) is 0 Å². The molecule has 7 unspecified atom stereocenters. The molecule has 0 aromatic carbocycles. The molecule has 3 rings (SSSR count). The summed E-state index contributed by atoms with van der Waals surface area (Å²) >= 11 is 5.10. The van der Waals surface area contributed by atoms with Gasteiger partial charge in [-0.1, -0.05) is 5.09 Å². The molecule has 0 amide bonds. The number of methoxy groups -OCH3 is 1. The molecule has 1 aliphatic heterocycles. The average molecular weight is 434 g/mol. The fourth-order valence-electron chi connectivity index (χ4n) is 3.27. The molecule has 7 atom stereocenters. The van der Waals surface area contributed by atoms with Gasteiger partial charge in [0.05, 0.1) is 7.11 Å². The SMILES string of the molecule is COC(=O)C(C)N[P+](=O)OC1CC12OC(n1ccc(=O)[nH]c1=S)C(C)(O)C2O. The Bertz CT molecular complexity index is 917. The Morgan fingerprint density at radius 3 is 2.89 bits per heavy atom. The Morgan fingerprint density at radius 1 is 1.61 bits per heavy atom. The summed E-state index contributed by atoms with van der Waals surface area (Å²) in [5.41, 5.74) is -3.46. The lowest BCUT2D eigenvalue weighted by Gasteiger charge is -2.27. The predicted molar refractivity (Wildman–Crippen MR) is 97.1 cm³/mol. The standard InChI is InChI=1S/C15H20N3O8PS/c1-7(10(20)24-3)17-27(23)26-8-6-15(8)11(21)14(2,22)12(25-15)18-5-4-9(19)16-13(18)28/h4-5,7-8,11-12,21-22H,6H2,1-3H3,(H-,16,17,19,23,28)/p+1. The van der Waals surface area contributed by atoms with Crippen molar-refractivity contribution in [1.29, 1.82) is 0 Å². The van der Waals surface area contributed by atoms with E-state index in [0.29, 0.717) is 0 Å². The zero-order chi connectivity index (χ0) is 20.9. The van der Waals surface area contributed by atoms with Gasteiger partial charge in [0.1, 0.15) is 29.5 Å². The number of H-pyrrole nitrogens is 1. The molecule has 1 saturated carbocycles. The van der Waals surface area contributed by atoms with Gasteiger partial charge < -0.3 is 19.7 Å². The number of nitrogens with one attached hydrogen (secondary N) is 2. The van der Waals surface area contributed by atoms with Crippen LogP contribution in [0.15, 0.2) is 17.1 Å². The minimum atomic E-state index is -2.45. The van der Waals surface area contributed by atoms with Crippen molar-refractivity contribution in [3.8, 4) is 0 Å². The number of hydrogen-bond acceptors (Lipinski definition) is 9. The van der Waals surface area contributed by atoms with E-state index in [4.69, 9.17) is 21.5 Å². The van der Waals surface area contributed by atoms with Gasteiger partial charge in [0.2, 0.25) is 0 Å². The van der Waals surface area contributed by atoms with Gasteiger partial charge in [-0.05, 0) is 30.6 Å². The molecular formula is C15H21N3O8PS+. The molecule has 1 aromatic heterocycles. The fourth-order valence-corrected chi connectivity index (χ4v) is 4.50. The van der Waals surface area contributed by atoms with Crippen molar-refractivity contribution in [3.63, 3.8) is 0 Å². The number of aliphatic hydroxyl groups is 2. The summed E-state index contributed by atoms with van der Waals surface area (Å²) in [6.45, 7) is 2.84. The molecule has 2 aliphatic rings. The molecule has 1 spiro atoms. The first kappa shape index (κ1) is 21.2. The lowest BCUT2D eigenvalue weighted by Crippen LogP contribution is -2.45. The van der Waals surface area contributed by atoms with Crippen LogP contribution in [0, 0.1) is 4.77 Å². The quantitative estimate of drug-likeness (QED) is 0.271. The van der Waals surface area contributed by atoms with Crippen molar-refractivity contribution in [2.45, 2.75) is 55.9 Å². The largest absolute Gasteiger partial charge is 0.614 e. The predicted octanol–water partition coefficient (Wildman–Crippen LogP) is -0.117. The van der Waals surface area contributed by atoms with Crippen LogP contribution in [0.4, 0.5) is 0 Å². The number of ether oxygens (including phenoxy) is 2. The molecular weight excluding hydrogens is 413 g/mol. The molecule has 13 heteroatoms. The third kappa shape index (κ3) is 3.57. The van der Waals surface area contributed by atoms with E-state index < -0.39 is 55.4 Å². The molecule has 2 heterocycles. The van der Waals surface area contributed by atoms with E-state index in [-0.39, 0.29) is 11.2 Å². The fraction of sp³-hybridized carbons (Fsp3) is 0.667. The van der Waals surface area contributed by atoms with Gasteiger partial charge in [-0.15, -0.1) is 4.52 Å². The Labute approximate surface area is 165 Å². The van der Waals surface area contributed by atoms with Crippen molar-refractivity contribution < 1.29 is 33.6 Å². The van der Waals surface area contributed by atoms with Crippen molar-refractivity contribution in [1.82, 2.24) is 14.6 Å². The van der Waals surface area contributed by atoms with Gasteiger partial charge in [0.15, 0.2) is 11.0 Å². The smallest absolute Gasteiger partial charge is 0.468 e. The molecule has 11 nitrogen and oxygen atoms in total. The number of hydrogen-bond donors (Lipinski definition) is 4. The Morgan fingerprint density at radius 2 is 2.29 bits per heavy atom. The van der Waals surface area contributed by atoms with Crippen LogP contribution in [0.3, 0.4) is 0 Å². The summed E-state index contributed by atoms with van der Waals surface area (Å²) in [5, 5.41) is 23.9. The molecule has 0 bridgehead atoms. The van der Waals surface area contributed by atoms with Crippen LogP contribution in [0.2, 0.25) is 0 Å². The number of aromatic nitrogens is 2. The molecule has 154 valence electrons. The summed E-state index contributed by atoms with van der Waals surface area (Å²) in [6.07, 6.45) is -1.72. The third-order valence-corrected chi connectivity index (χ3v) is 6.27. The first-order valence-corrected chi connectivity index (χ1v) is 9.99. The van der Waals surface area contributed by atoms with E-state index >= 15 is 0 Å². The number of carbonyl (C=O) groups excluding carboxylic acids is 1. The lowest BCUT2D eigenvalue weighted by molar-refractivity contribution is -0.142.